The SMILES string of the molecule is C[C@@H](OC(=O)c1cccc(OC(F)F)c1)C(=O)Nc1ccc(C(F)(F)F)cc1. The molecule has 28 heavy (non-hydrogen) atoms. The summed E-state index contributed by atoms with van der Waals surface area (Å²) in [6.07, 6.45) is -5.80. The molecule has 0 heterocycles. The lowest BCUT2D eigenvalue weighted by molar-refractivity contribution is -0.137. The number of anilines is 1. The third-order valence-electron chi connectivity index (χ3n) is 3.43. The summed E-state index contributed by atoms with van der Waals surface area (Å²) in [5, 5.41) is 2.31. The van der Waals surface area contributed by atoms with E-state index in [0.29, 0.717) is 0 Å². The second-order valence-electron chi connectivity index (χ2n) is 5.52. The summed E-state index contributed by atoms with van der Waals surface area (Å²) in [5.41, 5.74) is -0.920. The number of carbonyl (C=O) groups excluding carboxylic acids is 2. The van der Waals surface area contributed by atoms with Crippen LogP contribution in [0.25, 0.3) is 0 Å². The average Bonchev–Trinajstić information content (AvgIpc) is 2.61. The highest BCUT2D eigenvalue weighted by atomic mass is 19.4. The van der Waals surface area contributed by atoms with Gasteiger partial charge in [0, 0.05) is 5.69 Å². The van der Waals surface area contributed by atoms with Crippen LogP contribution in [0, 0.1) is 0 Å². The second kappa shape index (κ2) is 8.68. The molecule has 0 aliphatic rings. The molecular formula is C18H14F5NO4. The molecule has 2 rings (SSSR count). The van der Waals surface area contributed by atoms with Gasteiger partial charge in [0.2, 0.25) is 0 Å². The van der Waals surface area contributed by atoms with Crippen molar-refractivity contribution in [1.82, 2.24) is 0 Å². The Kier molecular flexibility index (Phi) is 6.55. The van der Waals surface area contributed by atoms with Gasteiger partial charge in [-0.25, -0.2) is 4.79 Å². The lowest BCUT2D eigenvalue weighted by Gasteiger charge is -2.14. The molecule has 1 N–H and O–H groups in total. The molecule has 0 aliphatic carbocycles. The van der Waals surface area contributed by atoms with E-state index in [4.69, 9.17) is 4.74 Å². The number of benzene rings is 2. The number of halogens is 5. The third-order valence-corrected chi connectivity index (χ3v) is 3.43. The van der Waals surface area contributed by atoms with Crippen molar-refractivity contribution in [1.29, 1.82) is 0 Å². The van der Waals surface area contributed by atoms with Crippen LogP contribution < -0.4 is 10.1 Å². The van der Waals surface area contributed by atoms with Crippen LogP contribution in [0.4, 0.5) is 27.6 Å². The van der Waals surface area contributed by atoms with Crippen molar-refractivity contribution in [2.75, 3.05) is 5.32 Å². The second-order valence-corrected chi connectivity index (χ2v) is 5.52. The van der Waals surface area contributed by atoms with Gasteiger partial charge in [0.15, 0.2) is 6.10 Å². The van der Waals surface area contributed by atoms with Crippen molar-refractivity contribution in [2.24, 2.45) is 0 Å². The molecule has 0 fully saturated rings. The summed E-state index contributed by atoms with van der Waals surface area (Å²) in [5.74, 6) is -2.01. The van der Waals surface area contributed by atoms with Crippen molar-refractivity contribution < 1.29 is 41.0 Å². The lowest BCUT2D eigenvalue weighted by Crippen LogP contribution is -2.30. The molecule has 0 bridgehead atoms. The minimum atomic E-state index is -4.51. The summed E-state index contributed by atoms with van der Waals surface area (Å²) < 4.78 is 71.1. The minimum absolute atomic E-state index is 0.0771. The third kappa shape index (κ3) is 5.93. The highest BCUT2D eigenvalue weighted by Gasteiger charge is 2.30. The average molecular weight is 403 g/mol. The molecular weight excluding hydrogens is 389 g/mol. The molecule has 1 atom stereocenters. The highest BCUT2D eigenvalue weighted by molar-refractivity contribution is 5.97. The fourth-order valence-corrected chi connectivity index (χ4v) is 2.07. The first-order chi connectivity index (χ1) is 13.1. The van der Waals surface area contributed by atoms with E-state index in [2.05, 4.69) is 10.1 Å². The number of hydrogen-bond acceptors (Lipinski definition) is 4. The first-order valence-electron chi connectivity index (χ1n) is 7.80. The summed E-state index contributed by atoms with van der Waals surface area (Å²) >= 11 is 0. The first-order valence-corrected chi connectivity index (χ1v) is 7.80. The molecule has 10 heteroatoms. The van der Waals surface area contributed by atoms with Crippen LogP contribution >= 0.6 is 0 Å². The first kappa shape index (κ1) is 21.1. The Labute approximate surface area is 156 Å². The van der Waals surface area contributed by atoms with E-state index in [1.54, 1.807) is 0 Å². The molecule has 0 aromatic heterocycles. The maximum absolute atomic E-state index is 12.5. The zero-order chi connectivity index (χ0) is 20.9. The fraction of sp³-hybridized carbons (Fsp3) is 0.222. The Morgan fingerprint density at radius 1 is 1.04 bits per heavy atom. The van der Waals surface area contributed by atoms with Crippen molar-refractivity contribution in [2.45, 2.75) is 25.8 Å². The summed E-state index contributed by atoms with van der Waals surface area (Å²) in [7, 11) is 0. The number of hydrogen-bond donors (Lipinski definition) is 1. The number of rotatable bonds is 6. The number of carbonyl (C=O) groups is 2. The van der Waals surface area contributed by atoms with Crippen LogP contribution in [0.5, 0.6) is 5.75 Å². The molecule has 1 amide bonds. The van der Waals surface area contributed by atoms with Crippen LogP contribution in [-0.4, -0.2) is 24.6 Å². The number of amides is 1. The molecule has 0 unspecified atom stereocenters. The zero-order valence-electron chi connectivity index (χ0n) is 14.3. The smallest absolute Gasteiger partial charge is 0.416 e. The maximum atomic E-state index is 12.5. The minimum Gasteiger partial charge on any atom is -0.449 e. The van der Waals surface area contributed by atoms with E-state index in [1.807, 2.05) is 0 Å². The molecule has 0 saturated heterocycles. The molecule has 0 radical (unpaired) electrons. The van der Waals surface area contributed by atoms with Gasteiger partial charge < -0.3 is 14.8 Å². The van der Waals surface area contributed by atoms with Gasteiger partial charge in [-0.3, -0.25) is 4.79 Å². The van der Waals surface area contributed by atoms with Crippen molar-refractivity contribution in [3.8, 4) is 5.75 Å². The predicted octanol–water partition coefficient (Wildman–Crippen LogP) is 4.49. The van der Waals surface area contributed by atoms with Gasteiger partial charge in [0.1, 0.15) is 5.75 Å². The van der Waals surface area contributed by atoms with Gasteiger partial charge in [-0.15, -0.1) is 0 Å². The maximum Gasteiger partial charge on any atom is 0.416 e. The van der Waals surface area contributed by atoms with Gasteiger partial charge in [0.05, 0.1) is 11.1 Å². The number of nitrogens with one attached hydrogen (secondary N) is 1. The predicted molar refractivity (Wildman–Crippen MR) is 88.0 cm³/mol. The molecule has 0 saturated carbocycles. The van der Waals surface area contributed by atoms with E-state index >= 15 is 0 Å². The van der Waals surface area contributed by atoms with E-state index in [9.17, 15) is 31.5 Å². The standard InChI is InChI=1S/C18H14F5NO4/c1-10(15(25)24-13-7-5-12(6-8-13)18(21,22)23)27-16(26)11-3-2-4-14(9-11)28-17(19)20/h2-10,17H,1H3,(H,24,25)/t10-/m1/s1. The topological polar surface area (TPSA) is 64.6 Å². The summed E-state index contributed by atoms with van der Waals surface area (Å²) in [6, 6.07) is 8.50. The van der Waals surface area contributed by atoms with E-state index in [1.165, 1.54) is 25.1 Å². The van der Waals surface area contributed by atoms with Crippen LogP contribution in [-0.2, 0) is 15.7 Å². The molecule has 0 spiro atoms. The quantitative estimate of drug-likeness (QED) is 0.570. The van der Waals surface area contributed by atoms with Crippen molar-refractivity contribution in [3.05, 3.63) is 59.7 Å². The number of alkyl halides is 5. The number of ether oxygens (including phenoxy) is 2. The molecule has 5 nitrogen and oxygen atoms in total. The van der Waals surface area contributed by atoms with E-state index < -0.39 is 36.3 Å². The normalized spacial score (nSPS) is 12.4. The fourth-order valence-electron chi connectivity index (χ4n) is 2.07. The number of esters is 1. The van der Waals surface area contributed by atoms with Gasteiger partial charge in [0.25, 0.3) is 5.91 Å². The highest BCUT2D eigenvalue weighted by Crippen LogP contribution is 2.29. The molecule has 150 valence electrons. The van der Waals surface area contributed by atoms with Crippen LogP contribution in [0.15, 0.2) is 48.5 Å². The van der Waals surface area contributed by atoms with Crippen LogP contribution in [0.3, 0.4) is 0 Å². The van der Waals surface area contributed by atoms with Gasteiger partial charge >= 0.3 is 18.8 Å². The Balaban J connectivity index is 1.97. The van der Waals surface area contributed by atoms with Crippen LogP contribution in [0.1, 0.15) is 22.8 Å². The molecule has 2 aromatic carbocycles. The Bertz CT molecular complexity index is 837. The summed E-state index contributed by atoms with van der Waals surface area (Å²) in [4.78, 5) is 24.1. The van der Waals surface area contributed by atoms with Gasteiger partial charge in [-0.05, 0) is 49.4 Å². The van der Waals surface area contributed by atoms with Crippen molar-refractivity contribution in [3.63, 3.8) is 0 Å². The molecule has 0 aliphatic heterocycles. The molecule has 2 aromatic rings. The van der Waals surface area contributed by atoms with Gasteiger partial charge in [-0.1, -0.05) is 6.07 Å². The Morgan fingerprint density at radius 2 is 1.68 bits per heavy atom. The summed E-state index contributed by atoms with van der Waals surface area (Å²) in [6.45, 7) is -1.82. The Hall–Kier alpha value is -3.17. The van der Waals surface area contributed by atoms with Crippen LogP contribution in [0.2, 0.25) is 0 Å². The van der Waals surface area contributed by atoms with Crippen molar-refractivity contribution >= 4 is 17.6 Å². The van der Waals surface area contributed by atoms with E-state index in [0.717, 1.165) is 30.3 Å². The zero-order valence-corrected chi connectivity index (χ0v) is 14.3. The van der Waals surface area contributed by atoms with E-state index in [-0.39, 0.29) is 17.0 Å². The monoisotopic (exact) mass is 403 g/mol. The lowest BCUT2D eigenvalue weighted by atomic mass is 10.2. The van der Waals surface area contributed by atoms with Gasteiger partial charge in [-0.2, -0.15) is 22.0 Å². The largest absolute Gasteiger partial charge is 0.449 e. The Morgan fingerprint density at radius 3 is 2.25 bits per heavy atom.